The molecule has 0 heterocycles. The lowest BCUT2D eigenvalue weighted by molar-refractivity contribution is 0.476. The minimum absolute atomic E-state index is 0.279. The normalized spacial score (nSPS) is 9.67. The number of phenols is 1. The van der Waals surface area contributed by atoms with Crippen molar-refractivity contribution >= 4 is 23.4 Å². The second-order valence-corrected chi connectivity index (χ2v) is 3.52. The van der Waals surface area contributed by atoms with Crippen molar-refractivity contribution in [1.82, 2.24) is 0 Å². The molecule has 0 aliphatic heterocycles. The number of fused-ring (bicyclic) bond motifs is 1. The first-order chi connectivity index (χ1) is 7.29. The molecule has 0 bridgehead atoms. The van der Waals surface area contributed by atoms with Gasteiger partial charge in [0.2, 0.25) is 0 Å². The molecular formula is C13H10OS. The molecule has 1 nitrogen and oxygen atoms in total. The van der Waals surface area contributed by atoms with Gasteiger partial charge in [-0.05, 0) is 35.0 Å². The predicted octanol–water partition coefficient (Wildman–Crippen LogP) is 2.83. The molecule has 0 unspecified atom stereocenters. The number of benzene rings is 2. The van der Waals surface area contributed by atoms with Crippen molar-refractivity contribution in [3.05, 3.63) is 42.0 Å². The van der Waals surface area contributed by atoms with Crippen LogP contribution in [-0.2, 0) is 0 Å². The Balaban J connectivity index is 2.54. The van der Waals surface area contributed by atoms with Gasteiger partial charge in [-0.15, -0.1) is 0 Å². The summed E-state index contributed by atoms with van der Waals surface area (Å²) in [5.41, 5.74) is 0.946. The molecule has 2 aromatic carbocycles. The summed E-state index contributed by atoms with van der Waals surface area (Å²) in [6.45, 7) is 0. The van der Waals surface area contributed by atoms with Gasteiger partial charge in [-0.1, -0.05) is 24.0 Å². The Morgan fingerprint density at radius 2 is 1.87 bits per heavy atom. The average Bonchev–Trinajstić information content (AvgIpc) is 2.25. The van der Waals surface area contributed by atoms with E-state index >= 15 is 0 Å². The van der Waals surface area contributed by atoms with Crippen molar-refractivity contribution in [2.75, 3.05) is 5.75 Å². The number of hydrogen-bond donors (Lipinski definition) is 2. The van der Waals surface area contributed by atoms with Crippen molar-refractivity contribution in [1.29, 1.82) is 0 Å². The number of hydrogen-bond acceptors (Lipinski definition) is 2. The third kappa shape index (κ3) is 2.26. The average molecular weight is 214 g/mol. The van der Waals surface area contributed by atoms with Crippen molar-refractivity contribution in [3.63, 3.8) is 0 Å². The third-order valence-corrected chi connectivity index (χ3v) is 2.29. The molecule has 0 spiro atoms. The van der Waals surface area contributed by atoms with Crippen LogP contribution in [0.5, 0.6) is 5.75 Å². The van der Waals surface area contributed by atoms with Gasteiger partial charge >= 0.3 is 0 Å². The summed E-state index contributed by atoms with van der Waals surface area (Å²) >= 11 is 4.03. The Morgan fingerprint density at radius 3 is 2.67 bits per heavy atom. The van der Waals surface area contributed by atoms with Crippen LogP contribution in [0.2, 0.25) is 0 Å². The molecule has 0 atom stereocenters. The SMILES string of the molecule is Oc1ccc2ccc(C#CCS)cc2c1. The highest BCUT2D eigenvalue weighted by Crippen LogP contribution is 2.20. The third-order valence-electron chi connectivity index (χ3n) is 2.14. The van der Waals surface area contributed by atoms with E-state index in [1.54, 1.807) is 12.1 Å². The van der Waals surface area contributed by atoms with Crippen molar-refractivity contribution in [2.45, 2.75) is 0 Å². The van der Waals surface area contributed by atoms with Crippen LogP contribution in [0.3, 0.4) is 0 Å². The summed E-state index contributed by atoms with van der Waals surface area (Å²) in [5, 5.41) is 11.5. The molecule has 74 valence electrons. The van der Waals surface area contributed by atoms with Crippen LogP contribution in [-0.4, -0.2) is 10.9 Å². The number of aromatic hydroxyl groups is 1. The summed E-state index contributed by atoms with van der Waals surface area (Å²) in [6, 6.07) is 11.2. The smallest absolute Gasteiger partial charge is 0.116 e. The van der Waals surface area contributed by atoms with Crippen LogP contribution in [0.4, 0.5) is 0 Å². The second kappa shape index (κ2) is 4.29. The van der Waals surface area contributed by atoms with E-state index in [0.29, 0.717) is 5.75 Å². The van der Waals surface area contributed by atoms with Crippen molar-refractivity contribution < 1.29 is 5.11 Å². The van der Waals surface area contributed by atoms with Crippen LogP contribution in [0.25, 0.3) is 10.8 Å². The van der Waals surface area contributed by atoms with E-state index in [9.17, 15) is 5.11 Å². The Kier molecular flexibility index (Phi) is 2.84. The molecule has 0 amide bonds. The zero-order chi connectivity index (χ0) is 10.7. The predicted molar refractivity (Wildman–Crippen MR) is 66.3 cm³/mol. The summed E-state index contributed by atoms with van der Waals surface area (Å²) in [4.78, 5) is 0. The molecule has 0 radical (unpaired) electrons. The van der Waals surface area contributed by atoms with E-state index in [1.165, 1.54) is 0 Å². The highest BCUT2D eigenvalue weighted by Gasteiger charge is 1.95. The quantitative estimate of drug-likeness (QED) is 0.510. The summed E-state index contributed by atoms with van der Waals surface area (Å²) in [6.07, 6.45) is 0. The maximum atomic E-state index is 9.35. The molecule has 2 aromatic rings. The zero-order valence-electron chi connectivity index (χ0n) is 8.07. The molecule has 0 saturated carbocycles. The fourth-order valence-corrected chi connectivity index (χ4v) is 1.53. The molecular weight excluding hydrogens is 204 g/mol. The standard InChI is InChI=1S/C13H10OS/c14-13-6-5-11-4-3-10(2-1-7-15)8-12(11)9-13/h3-6,8-9,14-15H,7H2. The van der Waals surface area contributed by atoms with Crippen LogP contribution in [0.15, 0.2) is 36.4 Å². The molecule has 0 saturated heterocycles. The van der Waals surface area contributed by atoms with E-state index in [2.05, 4.69) is 24.5 Å². The van der Waals surface area contributed by atoms with Crippen molar-refractivity contribution in [3.8, 4) is 17.6 Å². The largest absolute Gasteiger partial charge is 0.508 e. The molecule has 1 N–H and O–H groups in total. The fourth-order valence-electron chi connectivity index (χ4n) is 1.45. The zero-order valence-corrected chi connectivity index (χ0v) is 8.96. The first-order valence-electron chi connectivity index (χ1n) is 4.62. The van der Waals surface area contributed by atoms with Gasteiger partial charge in [0, 0.05) is 5.56 Å². The molecule has 0 aliphatic rings. The molecule has 0 aliphatic carbocycles. The van der Waals surface area contributed by atoms with Gasteiger partial charge in [-0.2, -0.15) is 12.6 Å². The van der Waals surface area contributed by atoms with Crippen molar-refractivity contribution in [2.24, 2.45) is 0 Å². The van der Waals surface area contributed by atoms with E-state index in [4.69, 9.17) is 0 Å². The van der Waals surface area contributed by atoms with Gasteiger partial charge < -0.3 is 5.11 Å². The molecule has 15 heavy (non-hydrogen) atoms. The lowest BCUT2D eigenvalue weighted by Gasteiger charge is -1.99. The lowest BCUT2D eigenvalue weighted by atomic mass is 10.1. The van der Waals surface area contributed by atoms with Gasteiger partial charge in [0.15, 0.2) is 0 Å². The second-order valence-electron chi connectivity index (χ2n) is 3.21. The first kappa shape index (κ1) is 9.95. The van der Waals surface area contributed by atoms with Gasteiger partial charge in [0.25, 0.3) is 0 Å². The Hall–Kier alpha value is -1.59. The summed E-state index contributed by atoms with van der Waals surface area (Å²) in [7, 11) is 0. The first-order valence-corrected chi connectivity index (χ1v) is 5.25. The van der Waals surface area contributed by atoms with Crippen LogP contribution >= 0.6 is 12.6 Å². The van der Waals surface area contributed by atoms with Crippen LogP contribution in [0.1, 0.15) is 5.56 Å². The maximum Gasteiger partial charge on any atom is 0.116 e. The number of rotatable bonds is 0. The van der Waals surface area contributed by atoms with Gasteiger partial charge in [0.05, 0.1) is 5.75 Å². The molecule has 2 rings (SSSR count). The van der Waals surface area contributed by atoms with Crippen LogP contribution in [0, 0.1) is 11.8 Å². The van der Waals surface area contributed by atoms with E-state index in [0.717, 1.165) is 16.3 Å². The molecule has 2 heteroatoms. The van der Waals surface area contributed by atoms with Gasteiger partial charge in [-0.25, -0.2) is 0 Å². The highest BCUT2D eigenvalue weighted by atomic mass is 32.1. The Bertz CT molecular complexity index is 549. The van der Waals surface area contributed by atoms with Gasteiger partial charge in [-0.3, -0.25) is 0 Å². The highest BCUT2D eigenvalue weighted by molar-refractivity contribution is 7.80. The number of thiol groups is 1. The lowest BCUT2D eigenvalue weighted by Crippen LogP contribution is -1.77. The van der Waals surface area contributed by atoms with Gasteiger partial charge in [0.1, 0.15) is 5.75 Å². The summed E-state index contributed by atoms with van der Waals surface area (Å²) in [5.74, 6) is 6.73. The topological polar surface area (TPSA) is 20.2 Å². The Morgan fingerprint density at radius 1 is 1.07 bits per heavy atom. The monoisotopic (exact) mass is 214 g/mol. The minimum Gasteiger partial charge on any atom is -0.508 e. The molecule has 0 aromatic heterocycles. The minimum atomic E-state index is 0.279. The number of phenolic OH excluding ortho intramolecular Hbond substituents is 1. The van der Waals surface area contributed by atoms with E-state index < -0.39 is 0 Å². The fraction of sp³-hybridized carbons (Fsp3) is 0.0769. The van der Waals surface area contributed by atoms with E-state index in [1.807, 2.05) is 24.3 Å². The van der Waals surface area contributed by atoms with Crippen LogP contribution < -0.4 is 0 Å². The maximum absolute atomic E-state index is 9.35. The van der Waals surface area contributed by atoms with E-state index in [-0.39, 0.29) is 5.75 Å². The summed E-state index contributed by atoms with van der Waals surface area (Å²) < 4.78 is 0. The Labute approximate surface area is 94.2 Å². The molecule has 0 fully saturated rings.